The lowest BCUT2D eigenvalue weighted by Gasteiger charge is -2.35. The Labute approximate surface area is 127 Å². The first-order valence-electron chi connectivity index (χ1n) is 7.25. The Hall–Kier alpha value is -1.16. The smallest absolute Gasteiger partial charge is 0.267 e. The highest BCUT2D eigenvalue weighted by Gasteiger charge is 2.32. The predicted molar refractivity (Wildman–Crippen MR) is 85.3 cm³/mol. The van der Waals surface area contributed by atoms with Crippen LogP contribution in [0.4, 0.5) is 0 Å². The van der Waals surface area contributed by atoms with E-state index in [1.165, 1.54) is 32.1 Å². The molecule has 1 saturated carbocycles. The number of alkyl halides is 1. The Bertz CT molecular complexity index is 659. The van der Waals surface area contributed by atoms with Crippen molar-refractivity contribution in [2.75, 3.05) is 5.33 Å². The lowest BCUT2D eigenvalue weighted by atomic mass is 9.75. The van der Waals surface area contributed by atoms with Gasteiger partial charge in [0, 0.05) is 10.7 Å². The van der Waals surface area contributed by atoms with Gasteiger partial charge in [-0.2, -0.15) is 5.10 Å². The maximum Gasteiger partial charge on any atom is 0.274 e. The summed E-state index contributed by atoms with van der Waals surface area (Å²) in [6.07, 6.45) is 8.00. The van der Waals surface area contributed by atoms with E-state index in [1.807, 2.05) is 30.5 Å². The molecule has 0 radical (unpaired) electrons. The molecule has 0 amide bonds. The molecule has 0 bridgehead atoms. The summed E-state index contributed by atoms with van der Waals surface area (Å²) in [7, 11) is 0. The fourth-order valence-electron chi connectivity index (χ4n) is 3.19. The monoisotopic (exact) mass is 334 g/mol. The average Bonchev–Trinajstić information content (AvgIpc) is 2.51. The van der Waals surface area contributed by atoms with Gasteiger partial charge in [0.25, 0.3) is 5.56 Å². The quantitative estimate of drug-likeness (QED) is 0.801. The molecule has 3 nitrogen and oxygen atoms in total. The number of nitrogens with zero attached hydrogens (tertiary/aromatic N) is 2. The van der Waals surface area contributed by atoms with Crippen LogP contribution in [-0.4, -0.2) is 15.1 Å². The van der Waals surface area contributed by atoms with E-state index in [-0.39, 0.29) is 11.0 Å². The zero-order valence-corrected chi connectivity index (χ0v) is 13.1. The van der Waals surface area contributed by atoms with Crippen LogP contribution in [-0.2, 0) is 6.54 Å². The van der Waals surface area contributed by atoms with Gasteiger partial charge in [0.1, 0.15) is 0 Å². The Morgan fingerprint density at radius 1 is 1.20 bits per heavy atom. The lowest BCUT2D eigenvalue weighted by Crippen LogP contribution is -2.36. The van der Waals surface area contributed by atoms with Crippen LogP contribution >= 0.6 is 15.9 Å². The molecule has 106 valence electrons. The van der Waals surface area contributed by atoms with Crippen LogP contribution in [0.15, 0.2) is 35.3 Å². The van der Waals surface area contributed by atoms with Gasteiger partial charge in [-0.1, -0.05) is 53.4 Å². The summed E-state index contributed by atoms with van der Waals surface area (Å²) in [6, 6.07) is 7.68. The van der Waals surface area contributed by atoms with E-state index < -0.39 is 0 Å². The first kappa shape index (κ1) is 13.8. The third kappa shape index (κ3) is 2.53. The number of benzene rings is 1. The summed E-state index contributed by atoms with van der Waals surface area (Å²) >= 11 is 3.66. The van der Waals surface area contributed by atoms with Gasteiger partial charge in [-0.25, -0.2) is 4.68 Å². The van der Waals surface area contributed by atoms with Gasteiger partial charge in [-0.05, 0) is 24.3 Å². The number of rotatable bonds is 3. The third-order valence-corrected chi connectivity index (χ3v) is 5.63. The minimum Gasteiger partial charge on any atom is -0.267 e. The molecule has 0 N–H and O–H groups in total. The molecule has 20 heavy (non-hydrogen) atoms. The number of fused-ring (bicyclic) bond motifs is 1. The SMILES string of the molecule is O=c1c2ccccc2cnn1CC1(CBr)CCCCC1. The van der Waals surface area contributed by atoms with Gasteiger partial charge in [-0.15, -0.1) is 0 Å². The zero-order valence-electron chi connectivity index (χ0n) is 11.5. The largest absolute Gasteiger partial charge is 0.274 e. The minimum absolute atomic E-state index is 0.0361. The van der Waals surface area contributed by atoms with Crippen molar-refractivity contribution in [1.82, 2.24) is 9.78 Å². The van der Waals surface area contributed by atoms with Crippen LogP contribution in [0.1, 0.15) is 32.1 Å². The third-order valence-electron chi connectivity index (χ3n) is 4.44. The molecule has 1 fully saturated rings. The molecule has 1 aliphatic rings. The van der Waals surface area contributed by atoms with Crippen LogP contribution in [0.5, 0.6) is 0 Å². The molecule has 1 heterocycles. The molecule has 1 aliphatic carbocycles. The van der Waals surface area contributed by atoms with Crippen LogP contribution in [0, 0.1) is 5.41 Å². The van der Waals surface area contributed by atoms with Crippen molar-refractivity contribution in [3.05, 3.63) is 40.8 Å². The Morgan fingerprint density at radius 2 is 1.95 bits per heavy atom. The van der Waals surface area contributed by atoms with E-state index in [1.54, 1.807) is 4.68 Å². The van der Waals surface area contributed by atoms with E-state index in [2.05, 4.69) is 21.0 Å². The van der Waals surface area contributed by atoms with E-state index in [0.29, 0.717) is 0 Å². The number of hydrogen-bond donors (Lipinski definition) is 0. The number of hydrogen-bond acceptors (Lipinski definition) is 2. The maximum absolute atomic E-state index is 12.5. The van der Waals surface area contributed by atoms with E-state index >= 15 is 0 Å². The first-order chi connectivity index (χ1) is 9.74. The van der Waals surface area contributed by atoms with Crippen molar-refractivity contribution in [3.63, 3.8) is 0 Å². The molecule has 1 aromatic carbocycles. The highest BCUT2D eigenvalue weighted by atomic mass is 79.9. The second kappa shape index (κ2) is 5.68. The van der Waals surface area contributed by atoms with Crippen molar-refractivity contribution in [2.45, 2.75) is 38.6 Å². The zero-order chi connectivity index (χ0) is 14.0. The second-order valence-electron chi connectivity index (χ2n) is 5.89. The molecule has 4 heteroatoms. The van der Waals surface area contributed by atoms with Crippen LogP contribution in [0.25, 0.3) is 10.8 Å². The second-order valence-corrected chi connectivity index (χ2v) is 6.45. The summed E-state index contributed by atoms with van der Waals surface area (Å²) in [6.45, 7) is 0.724. The molecule has 0 saturated heterocycles. The first-order valence-corrected chi connectivity index (χ1v) is 8.37. The normalized spacial score (nSPS) is 18.2. The molecule has 0 atom stereocenters. The lowest BCUT2D eigenvalue weighted by molar-refractivity contribution is 0.180. The maximum atomic E-state index is 12.5. The van der Waals surface area contributed by atoms with Gasteiger partial charge in [0.2, 0.25) is 0 Å². The van der Waals surface area contributed by atoms with Gasteiger partial charge < -0.3 is 0 Å². The minimum atomic E-state index is 0.0361. The van der Waals surface area contributed by atoms with Crippen molar-refractivity contribution >= 4 is 26.7 Å². The van der Waals surface area contributed by atoms with Crippen LogP contribution in [0.2, 0.25) is 0 Å². The molecule has 0 aliphatic heterocycles. The van der Waals surface area contributed by atoms with E-state index in [0.717, 1.165) is 22.6 Å². The van der Waals surface area contributed by atoms with Gasteiger partial charge >= 0.3 is 0 Å². The van der Waals surface area contributed by atoms with E-state index in [4.69, 9.17) is 0 Å². The molecule has 2 aromatic rings. The Morgan fingerprint density at radius 3 is 2.70 bits per heavy atom. The van der Waals surface area contributed by atoms with Crippen molar-refractivity contribution < 1.29 is 0 Å². The number of aromatic nitrogens is 2. The topological polar surface area (TPSA) is 34.9 Å². The fourth-order valence-corrected chi connectivity index (χ4v) is 3.93. The summed E-state index contributed by atoms with van der Waals surface area (Å²) in [4.78, 5) is 12.5. The molecular weight excluding hydrogens is 316 g/mol. The molecule has 1 aromatic heterocycles. The molecule has 3 rings (SSSR count). The van der Waals surface area contributed by atoms with Gasteiger partial charge in [0.05, 0.1) is 18.1 Å². The summed E-state index contributed by atoms with van der Waals surface area (Å²) in [5.41, 5.74) is 0.228. The molecule has 0 unspecified atom stereocenters. The summed E-state index contributed by atoms with van der Waals surface area (Å²) in [5.74, 6) is 0. The van der Waals surface area contributed by atoms with E-state index in [9.17, 15) is 4.79 Å². The van der Waals surface area contributed by atoms with Crippen LogP contribution in [0.3, 0.4) is 0 Å². The predicted octanol–water partition coefficient (Wildman–Crippen LogP) is 3.74. The average molecular weight is 335 g/mol. The summed E-state index contributed by atoms with van der Waals surface area (Å²) in [5, 5.41) is 7.01. The van der Waals surface area contributed by atoms with Crippen molar-refractivity contribution in [2.24, 2.45) is 5.41 Å². The van der Waals surface area contributed by atoms with Gasteiger partial charge in [0.15, 0.2) is 0 Å². The highest BCUT2D eigenvalue weighted by molar-refractivity contribution is 9.09. The van der Waals surface area contributed by atoms with Crippen LogP contribution < -0.4 is 5.56 Å². The molecular formula is C16H19BrN2O. The molecule has 0 spiro atoms. The Kier molecular flexibility index (Phi) is 3.92. The standard InChI is InChI=1S/C16H19BrN2O/c17-11-16(8-4-1-5-9-16)12-19-15(20)14-7-3-2-6-13(14)10-18-19/h2-3,6-7,10H,1,4-5,8-9,11-12H2. The van der Waals surface area contributed by atoms with Gasteiger partial charge in [-0.3, -0.25) is 4.79 Å². The summed E-state index contributed by atoms with van der Waals surface area (Å²) < 4.78 is 1.66. The fraction of sp³-hybridized carbons (Fsp3) is 0.500. The van der Waals surface area contributed by atoms with Crippen molar-refractivity contribution in [3.8, 4) is 0 Å². The number of halogens is 1. The highest BCUT2D eigenvalue weighted by Crippen LogP contribution is 2.38. The van der Waals surface area contributed by atoms with Crippen molar-refractivity contribution in [1.29, 1.82) is 0 Å². The Balaban J connectivity index is 1.98.